The second kappa shape index (κ2) is 5.14. The van der Waals surface area contributed by atoms with Gasteiger partial charge in [0.1, 0.15) is 0 Å². The first kappa shape index (κ1) is 15.5. The SMILES string of the molecule is O=C(c1cccc(C(F)(F)F)c1)c1cnc(C(F)(F)F)s1. The minimum absolute atomic E-state index is 0.0892. The third-order valence-corrected chi connectivity index (χ3v) is 3.47. The summed E-state index contributed by atoms with van der Waals surface area (Å²) in [4.78, 5) is 14.6. The average molecular weight is 325 g/mol. The van der Waals surface area contributed by atoms with E-state index in [1.807, 2.05) is 0 Å². The number of aromatic nitrogens is 1. The molecule has 112 valence electrons. The van der Waals surface area contributed by atoms with Gasteiger partial charge in [-0.1, -0.05) is 12.1 Å². The summed E-state index contributed by atoms with van der Waals surface area (Å²) < 4.78 is 74.7. The van der Waals surface area contributed by atoms with E-state index in [-0.39, 0.29) is 21.8 Å². The standard InChI is InChI=1S/C12H5F6NOS/c13-11(14,15)7-3-1-2-6(4-7)9(20)8-5-19-10(21-8)12(16,17)18/h1-5H. The lowest BCUT2D eigenvalue weighted by molar-refractivity contribution is -0.138. The van der Waals surface area contributed by atoms with E-state index in [0.29, 0.717) is 12.3 Å². The average Bonchev–Trinajstić information content (AvgIpc) is 2.86. The zero-order valence-electron chi connectivity index (χ0n) is 9.92. The third-order valence-electron chi connectivity index (χ3n) is 2.42. The number of halogens is 6. The second-order valence-corrected chi connectivity index (χ2v) is 4.97. The molecule has 0 amide bonds. The Balaban J connectivity index is 2.35. The van der Waals surface area contributed by atoms with Crippen molar-refractivity contribution in [2.75, 3.05) is 0 Å². The summed E-state index contributed by atoms with van der Waals surface area (Å²) >= 11 is 0.0892. The highest BCUT2D eigenvalue weighted by molar-refractivity contribution is 7.13. The van der Waals surface area contributed by atoms with E-state index in [9.17, 15) is 31.1 Å². The Morgan fingerprint density at radius 3 is 2.24 bits per heavy atom. The molecule has 0 aliphatic rings. The molecule has 9 heteroatoms. The zero-order valence-corrected chi connectivity index (χ0v) is 10.7. The number of alkyl halides is 6. The normalized spacial score (nSPS) is 12.5. The highest BCUT2D eigenvalue weighted by atomic mass is 32.1. The summed E-state index contributed by atoms with van der Waals surface area (Å²) in [6, 6.07) is 3.48. The van der Waals surface area contributed by atoms with Crippen molar-refractivity contribution in [3.63, 3.8) is 0 Å². The van der Waals surface area contributed by atoms with E-state index in [2.05, 4.69) is 4.98 Å². The maximum Gasteiger partial charge on any atom is 0.443 e. The molecular formula is C12H5F6NOS. The van der Waals surface area contributed by atoms with Gasteiger partial charge in [-0.2, -0.15) is 26.3 Å². The van der Waals surface area contributed by atoms with Gasteiger partial charge in [0.15, 0.2) is 5.01 Å². The lowest BCUT2D eigenvalue weighted by Crippen LogP contribution is -2.07. The molecule has 0 fully saturated rings. The van der Waals surface area contributed by atoms with Crippen molar-refractivity contribution in [2.45, 2.75) is 12.4 Å². The molecule has 1 aromatic carbocycles. The maximum atomic E-state index is 12.5. The lowest BCUT2D eigenvalue weighted by atomic mass is 10.1. The van der Waals surface area contributed by atoms with Crippen molar-refractivity contribution in [3.8, 4) is 0 Å². The van der Waals surface area contributed by atoms with Gasteiger partial charge in [0.05, 0.1) is 10.4 Å². The van der Waals surface area contributed by atoms with Gasteiger partial charge in [-0.3, -0.25) is 4.79 Å². The topological polar surface area (TPSA) is 30.0 Å². The Labute approximate surface area is 118 Å². The quantitative estimate of drug-likeness (QED) is 0.605. The Kier molecular flexibility index (Phi) is 3.79. The smallest absolute Gasteiger partial charge is 0.288 e. The number of thiazole rings is 1. The van der Waals surface area contributed by atoms with Crippen LogP contribution in [0, 0.1) is 0 Å². The van der Waals surface area contributed by atoms with Crippen LogP contribution in [0.5, 0.6) is 0 Å². The van der Waals surface area contributed by atoms with Crippen molar-refractivity contribution < 1.29 is 31.1 Å². The highest BCUT2D eigenvalue weighted by Gasteiger charge is 2.35. The number of carbonyl (C=O) groups excluding carboxylic acids is 1. The van der Waals surface area contributed by atoms with Crippen molar-refractivity contribution in [2.24, 2.45) is 0 Å². The summed E-state index contributed by atoms with van der Waals surface area (Å²) in [7, 11) is 0. The van der Waals surface area contributed by atoms with E-state index < -0.39 is 28.7 Å². The van der Waals surface area contributed by atoms with Crippen LogP contribution in [0.3, 0.4) is 0 Å². The minimum Gasteiger partial charge on any atom is -0.288 e. The first-order valence-corrected chi connectivity index (χ1v) is 6.15. The molecule has 0 unspecified atom stereocenters. The van der Waals surface area contributed by atoms with Crippen LogP contribution >= 0.6 is 11.3 Å². The first-order chi connectivity index (χ1) is 9.59. The van der Waals surface area contributed by atoms with Gasteiger partial charge in [-0.05, 0) is 12.1 Å². The van der Waals surface area contributed by atoms with Gasteiger partial charge in [0, 0.05) is 11.8 Å². The largest absolute Gasteiger partial charge is 0.443 e. The summed E-state index contributed by atoms with van der Waals surface area (Å²) in [6.07, 6.45) is -8.63. The molecule has 0 bridgehead atoms. The van der Waals surface area contributed by atoms with Crippen molar-refractivity contribution in [3.05, 3.63) is 51.5 Å². The van der Waals surface area contributed by atoms with Crippen molar-refractivity contribution in [1.29, 1.82) is 0 Å². The molecule has 2 rings (SSSR count). The number of benzene rings is 1. The van der Waals surface area contributed by atoms with Crippen LogP contribution in [-0.2, 0) is 12.4 Å². The Bertz CT molecular complexity index is 673. The highest BCUT2D eigenvalue weighted by Crippen LogP contribution is 2.34. The Hall–Kier alpha value is -1.90. The number of hydrogen-bond donors (Lipinski definition) is 0. The van der Waals surface area contributed by atoms with E-state index in [4.69, 9.17) is 0 Å². The molecule has 1 aromatic heterocycles. The molecule has 0 radical (unpaired) electrons. The Morgan fingerprint density at radius 2 is 1.71 bits per heavy atom. The molecule has 0 aliphatic carbocycles. The van der Waals surface area contributed by atoms with Gasteiger partial charge >= 0.3 is 12.4 Å². The lowest BCUT2D eigenvalue weighted by Gasteiger charge is -2.07. The molecular weight excluding hydrogens is 320 g/mol. The van der Waals surface area contributed by atoms with E-state index in [1.165, 1.54) is 0 Å². The molecule has 0 spiro atoms. The van der Waals surface area contributed by atoms with Crippen LogP contribution < -0.4 is 0 Å². The minimum atomic E-state index is -4.70. The van der Waals surface area contributed by atoms with Crippen LogP contribution in [0.2, 0.25) is 0 Å². The third kappa shape index (κ3) is 3.41. The number of nitrogens with zero attached hydrogens (tertiary/aromatic N) is 1. The fraction of sp³-hybridized carbons (Fsp3) is 0.167. The number of carbonyl (C=O) groups is 1. The molecule has 21 heavy (non-hydrogen) atoms. The summed E-state index contributed by atoms with van der Waals surface area (Å²) in [6.45, 7) is 0. The predicted molar refractivity (Wildman–Crippen MR) is 62.0 cm³/mol. The van der Waals surface area contributed by atoms with Gasteiger partial charge in [-0.25, -0.2) is 4.98 Å². The molecule has 0 saturated carbocycles. The summed E-state index contributed by atoms with van der Waals surface area (Å²) in [5, 5.41) is -1.22. The summed E-state index contributed by atoms with van der Waals surface area (Å²) in [5.41, 5.74) is -1.39. The first-order valence-electron chi connectivity index (χ1n) is 5.34. The predicted octanol–water partition coefficient (Wildman–Crippen LogP) is 4.41. The number of rotatable bonds is 2. The van der Waals surface area contributed by atoms with Crippen LogP contribution in [0.25, 0.3) is 0 Å². The van der Waals surface area contributed by atoms with E-state index >= 15 is 0 Å². The molecule has 0 aliphatic heterocycles. The maximum absolute atomic E-state index is 12.5. The van der Waals surface area contributed by atoms with E-state index in [1.54, 1.807) is 0 Å². The monoisotopic (exact) mass is 325 g/mol. The fourth-order valence-corrected chi connectivity index (χ4v) is 2.23. The van der Waals surface area contributed by atoms with Crippen LogP contribution in [0.15, 0.2) is 30.5 Å². The van der Waals surface area contributed by atoms with Crippen LogP contribution in [0.1, 0.15) is 25.8 Å². The van der Waals surface area contributed by atoms with Crippen molar-refractivity contribution in [1.82, 2.24) is 4.98 Å². The van der Waals surface area contributed by atoms with Gasteiger partial charge < -0.3 is 0 Å². The number of hydrogen-bond acceptors (Lipinski definition) is 3. The number of ketones is 1. The Morgan fingerprint density at radius 1 is 1.05 bits per heavy atom. The van der Waals surface area contributed by atoms with Gasteiger partial charge in [-0.15, -0.1) is 11.3 Å². The molecule has 0 N–H and O–H groups in total. The molecule has 2 aromatic rings. The molecule has 1 heterocycles. The molecule has 0 atom stereocenters. The second-order valence-electron chi connectivity index (χ2n) is 3.94. The van der Waals surface area contributed by atoms with E-state index in [0.717, 1.165) is 18.2 Å². The molecule has 0 saturated heterocycles. The van der Waals surface area contributed by atoms with Gasteiger partial charge in [0.2, 0.25) is 5.78 Å². The van der Waals surface area contributed by atoms with Crippen LogP contribution in [-0.4, -0.2) is 10.8 Å². The van der Waals surface area contributed by atoms with Crippen molar-refractivity contribution >= 4 is 17.1 Å². The van der Waals surface area contributed by atoms with Crippen LogP contribution in [0.4, 0.5) is 26.3 Å². The molecule has 2 nitrogen and oxygen atoms in total. The summed E-state index contributed by atoms with van der Waals surface area (Å²) in [5.74, 6) is -0.936. The zero-order chi connectivity index (χ0) is 15.8. The van der Waals surface area contributed by atoms with Gasteiger partial charge in [0.25, 0.3) is 0 Å². The fourth-order valence-electron chi connectivity index (χ4n) is 1.49.